The first-order valence-corrected chi connectivity index (χ1v) is 8.19. The van der Waals surface area contributed by atoms with Gasteiger partial charge in [0.1, 0.15) is 6.17 Å². The lowest BCUT2D eigenvalue weighted by Gasteiger charge is -2.15. The topological polar surface area (TPSA) is 63.8 Å². The maximum Gasteiger partial charge on any atom is 0.207 e. The second-order valence-electron chi connectivity index (χ2n) is 4.27. The number of benzene rings is 2. The molecule has 0 radical (unpaired) electrons. The van der Waals surface area contributed by atoms with Gasteiger partial charge in [-0.15, -0.1) is 10.2 Å². The van der Waals surface area contributed by atoms with Gasteiger partial charge < -0.3 is 11.1 Å². The van der Waals surface area contributed by atoms with E-state index >= 15 is 0 Å². The van der Waals surface area contributed by atoms with Crippen molar-refractivity contribution in [2.24, 2.45) is 5.73 Å². The van der Waals surface area contributed by atoms with Gasteiger partial charge in [-0.2, -0.15) is 0 Å². The minimum Gasteiger partial charge on any atom is -0.341 e. The molecule has 1 heterocycles. The molecule has 102 valence electrons. The molecule has 20 heavy (non-hydrogen) atoms. The Labute approximate surface area is 125 Å². The highest BCUT2D eigenvalue weighted by Gasteiger charge is 2.12. The lowest BCUT2D eigenvalue weighted by Crippen LogP contribution is -2.20. The Bertz CT molecular complexity index is 721. The van der Waals surface area contributed by atoms with E-state index in [2.05, 4.69) is 33.7 Å². The lowest BCUT2D eigenvalue weighted by atomic mass is 10.0. The zero-order valence-electron chi connectivity index (χ0n) is 10.9. The maximum atomic E-state index is 6.26. The van der Waals surface area contributed by atoms with Crippen molar-refractivity contribution in [2.45, 2.75) is 10.5 Å². The van der Waals surface area contributed by atoms with Crippen molar-refractivity contribution in [3.8, 4) is 0 Å². The molecule has 0 bridgehead atoms. The molecule has 1 unspecified atom stereocenters. The van der Waals surface area contributed by atoms with Crippen LogP contribution in [-0.2, 0) is 0 Å². The van der Waals surface area contributed by atoms with Gasteiger partial charge in [-0.3, -0.25) is 0 Å². The van der Waals surface area contributed by atoms with E-state index < -0.39 is 0 Å². The van der Waals surface area contributed by atoms with Crippen LogP contribution in [0.2, 0.25) is 0 Å². The van der Waals surface area contributed by atoms with Gasteiger partial charge >= 0.3 is 0 Å². The smallest absolute Gasteiger partial charge is 0.207 e. The Balaban J connectivity index is 1.90. The van der Waals surface area contributed by atoms with Crippen molar-refractivity contribution >= 4 is 39.0 Å². The third-order valence-corrected chi connectivity index (χ3v) is 4.85. The fraction of sp³-hybridized carbons (Fsp3) is 0.143. The normalized spacial score (nSPS) is 12.5. The molecule has 2 aromatic carbocycles. The third kappa shape index (κ3) is 2.63. The van der Waals surface area contributed by atoms with Crippen LogP contribution in [0.3, 0.4) is 0 Å². The van der Waals surface area contributed by atoms with Gasteiger partial charge in [-0.1, -0.05) is 65.6 Å². The van der Waals surface area contributed by atoms with Crippen LogP contribution in [0.15, 0.2) is 46.8 Å². The first-order chi connectivity index (χ1) is 9.78. The van der Waals surface area contributed by atoms with Gasteiger partial charge in [0.25, 0.3) is 0 Å². The number of fused-ring (bicyclic) bond motifs is 1. The van der Waals surface area contributed by atoms with E-state index in [9.17, 15) is 0 Å². The second-order valence-corrected chi connectivity index (χ2v) is 6.30. The molecule has 0 saturated heterocycles. The Hall–Kier alpha value is -1.63. The molecule has 0 fully saturated rings. The predicted octanol–water partition coefficient (Wildman–Crippen LogP) is 3.48. The standard InChI is InChI=1S/C14H14N4S2/c1-19-14-18-17-13(20-14)16-12(15)11-8-4-6-9-5-2-3-7-10(9)11/h2-8,12H,15H2,1H3,(H,16,17). The van der Waals surface area contributed by atoms with E-state index in [4.69, 9.17) is 5.73 Å². The lowest BCUT2D eigenvalue weighted by molar-refractivity contribution is 0.834. The summed E-state index contributed by atoms with van der Waals surface area (Å²) in [4.78, 5) is 0. The monoisotopic (exact) mass is 302 g/mol. The Morgan fingerprint density at radius 3 is 2.75 bits per heavy atom. The minimum atomic E-state index is -0.302. The highest BCUT2D eigenvalue weighted by Crippen LogP contribution is 2.27. The third-order valence-electron chi connectivity index (χ3n) is 3.02. The second kappa shape index (κ2) is 5.78. The zero-order valence-corrected chi connectivity index (χ0v) is 12.5. The molecular weight excluding hydrogens is 288 g/mol. The Morgan fingerprint density at radius 2 is 1.95 bits per heavy atom. The summed E-state index contributed by atoms with van der Waals surface area (Å²) < 4.78 is 0.928. The number of nitrogens with two attached hydrogens (primary N) is 1. The predicted molar refractivity (Wildman–Crippen MR) is 86.2 cm³/mol. The van der Waals surface area contributed by atoms with Crippen molar-refractivity contribution < 1.29 is 0 Å². The molecule has 6 heteroatoms. The molecule has 0 aliphatic carbocycles. The van der Waals surface area contributed by atoms with Crippen molar-refractivity contribution in [3.63, 3.8) is 0 Å². The average Bonchev–Trinajstić information content (AvgIpc) is 2.94. The van der Waals surface area contributed by atoms with Crippen LogP contribution >= 0.6 is 23.1 Å². The fourth-order valence-electron chi connectivity index (χ4n) is 2.08. The largest absolute Gasteiger partial charge is 0.341 e. The summed E-state index contributed by atoms with van der Waals surface area (Å²) >= 11 is 3.09. The van der Waals surface area contributed by atoms with E-state index in [0.717, 1.165) is 20.4 Å². The number of thioether (sulfide) groups is 1. The van der Waals surface area contributed by atoms with Crippen LogP contribution in [0.25, 0.3) is 10.8 Å². The molecule has 4 nitrogen and oxygen atoms in total. The number of anilines is 1. The summed E-state index contributed by atoms with van der Waals surface area (Å²) in [6, 6.07) is 14.4. The van der Waals surface area contributed by atoms with Crippen LogP contribution in [0, 0.1) is 0 Å². The summed E-state index contributed by atoms with van der Waals surface area (Å²) in [5.74, 6) is 0. The summed E-state index contributed by atoms with van der Waals surface area (Å²) in [7, 11) is 0. The van der Waals surface area contributed by atoms with Gasteiger partial charge in [-0.05, 0) is 22.6 Å². The highest BCUT2D eigenvalue weighted by atomic mass is 32.2. The SMILES string of the molecule is CSc1nnc(NC(N)c2cccc3ccccc23)s1. The molecule has 0 aliphatic rings. The Morgan fingerprint density at radius 1 is 1.15 bits per heavy atom. The summed E-state index contributed by atoms with van der Waals surface area (Å²) in [6.45, 7) is 0. The first kappa shape index (κ1) is 13.4. The quantitative estimate of drug-likeness (QED) is 0.570. The average molecular weight is 302 g/mol. The van der Waals surface area contributed by atoms with E-state index in [1.807, 2.05) is 30.5 Å². The molecule has 3 aromatic rings. The first-order valence-electron chi connectivity index (χ1n) is 6.15. The van der Waals surface area contributed by atoms with E-state index in [0.29, 0.717) is 0 Å². The van der Waals surface area contributed by atoms with Crippen molar-refractivity contribution in [1.29, 1.82) is 0 Å². The molecule has 1 atom stereocenters. The van der Waals surface area contributed by atoms with E-state index in [1.165, 1.54) is 16.7 Å². The number of aromatic nitrogens is 2. The molecule has 0 saturated carbocycles. The van der Waals surface area contributed by atoms with Crippen LogP contribution in [-0.4, -0.2) is 16.5 Å². The molecule has 3 rings (SSSR count). The Kier molecular flexibility index (Phi) is 3.86. The van der Waals surface area contributed by atoms with E-state index in [1.54, 1.807) is 11.8 Å². The summed E-state index contributed by atoms with van der Waals surface area (Å²) in [5.41, 5.74) is 7.32. The fourth-order valence-corrected chi connectivity index (χ4v) is 3.29. The van der Waals surface area contributed by atoms with Gasteiger partial charge in [-0.25, -0.2) is 0 Å². The number of hydrogen-bond donors (Lipinski definition) is 2. The van der Waals surface area contributed by atoms with Gasteiger partial charge in [0, 0.05) is 0 Å². The zero-order chi connectivity index (χ0) is 13.9. The van der Waals surface area contributed by atoms with Crippen LogP contribution in [0.4, 0.5) is 5.13 Å². The van der Waals surface area contributed by atoms with Gasteiger partial charge in [0.2, 0.25) is 5.13 Å². The number of nitrogens with zero attached hydrogens (tertiary/aromatic N) is 2. The van der Waals surface area contributed by atoms with E-state index in [-0.39, 0.29) is 6.17 Å². The summed E-state index contributed by atoms with van der Waals surface area (Å²) in [6.07, 6.45) is 1.68. The number of rotatable bonds is 4. The van der Waals surface area contributed by atoms with Crippen LogP contribution < -0.4 is 11.1 Å². The maximum absolute atomic E-state index is 6.26. The number of hydrogen-bond acceptors (Lipinski definition) is 6. The molecule has 3 N–H and O–H groups in total. The van der Waals surface area contributed by atoms with Crippen molar-refractivity contribution in [2.75, 3.05) is 11.6 Å². The highest BCUT2D eigenvalue weighted by molar-refractivity contribution is 8.00. The molecular formula is C14H14N4S2. The van der Waals surface area contributed by atoms with Gasteiger partial charge in [0.15, 0.2) is 4.34 Å². The molecule has 0 amide bonds. The van der Waals surface area contributed by atoms with Crippen LogP contribution in [0.5, 0.6) is 0 Å². The molecule has 1 aromatic heterocycles. The summed E-state index contributed by atoms with van der Waals surface area (Å²) in [5, 5.41) is 14.4. The number of nitrogens with one attached hydrogen (secondary N) is 1. The van der Waals surface area contributed by atoms with Crippen LogP contribution in [0.1, 0.15) is 11.7 Å². The molecule has 0 spiro atoms. The minimum absolute atomic E-state index is 0.302. The van der Waals surface area contributed by atoms with Gasteiger partial charge in [0.05, 0.1) is 0 Å². The van der Waals surface area contributed by atoms with Crippen molar-refractivity contribution in [1.82, 2.24) is 10.2 Å². The van der Waals surface area contributed by atoms with Crippen molar-refractivity contribution in [3.05, 3.63) is 48.0 Å². The molecule has 0 aliphatic heterocycles.